The molecule has 0 heterocycles. The van der Waals surface area contributed by atoms with Gasteiger partial charge in [0, 0.05) is 18.6 Å². The molecule has 1 fully saturated rings. The van der Waals surface area contributed by atoms with Crippen molar-refractivity contribution in [2.24, 2.45) is 5.92 Å². The number of nitrogens with zero attached hydrogens (tertiary/aromatic N) is 1. The van der Waals surface area contributed by atoms with Gasteiger partial charge in [-0.1, -0.05) is 63.4 Å². The summed E-state index contributed by atoms with van der Waals surface area (Å²) in [6, 6.07) is 12.1. The van der Waals surface area contributed by atoms with Crippen LogP contribution in [0.2, 0.25) is 0 Å². The maximum Gasteiger partial charge on any atom is 0.0472 e. The van der Waals surface area contributed by atoms with Crippen LogP contribution in [-0.2, 0) is 0 Å². The summed E-state index contributed by atoms with van der Waals surface area (Å²) in [5.74, 6) is 0.983. The molecule has 2 atom stereocenters. The van der Waals surface area contributed by atoms with E-state index < -0.39 is 0 Å². The van der Waals surface area contributed by atoms with Gasteiger partial charge in [-0.25, -0.2) is 0 Å². The van der Waals surface area contributed by atoms with Gasteiger partial charge in [0.15, 0.2) is 0 Å². The second kappa shape index (κ2) is 8.55. The van der Waals surface area contributed by atoms with Crippen molar-refractivity contribution in [1.82, 2.24) is 10.2 Å². The summed E-state index contributed by atoms with van der Waals surface area (Å²) in [5, 5.41) is 3.79. The number of benzene rings is 1. The summed E-state index contributed by atoms with van der Waals surface area (Å²) in [4.78, 5) is 2.55. The minimum absolute atomic E-state index is 0.491. The summed E-state index contributed by atoms with van der Waals surface area (Å²) in [7, 11) is 0. The molecule has 0 radical (unpaired) electrons. The summed E-state index contributed by atoms with van der Waals surface area (Å²) in [6.45, 7) is 10.1. The molecule has 0 bridgehead atoms. The Morgan fingerprint density at radius 1 is 1.14 bits per heavy atom. The molecule has 0 aromatic heterocycles. The molecule has 2 heteroatoms. The first kappa shape index (κ1) is 16.5. The Labute approximate surface area is 130 Å². The molecular weight excluding hydrogens is 256 g/mol. The van der Waals surface area contributed by atoms with Crippen molar-refractivity contribution in [3.8, 4) is 0 Å². The zero-order chi connectivity index (χ0) is 15.1. The quantitative estimate of drug-likeness (QED) is 0.731. The third-order valence-electron chi connectivity index (χ3n) is 5.01. The van der Waals surface area contributed by atoms with Gasteiger partial charge in [-0.15, -0.1) is 0 Å². The molecule has 2 rings (SSSR count). The molecule has 1 aliphatic carbocycles. The van der Waals surface area contributed by atoms with Crippen molar-refractivity contribution in [2.45, 2.75) is 58.5 Å². The summed E-state index contributed by atoms with van der Waals surface area (Å²) >= 11 is 0. The minimum atomic E-state index is 0.491. The standard InChI is InChI=1S/C19H32N2/c1-4-21(5-2)19(18-12-7-6-8-13-18)15-20-16(3)14-17-10-9-11-17/h6-8,12-13,16-17,19-20H,4-5,9-11,14-15H2,1-3H3. The van der Waals surface area contributed by atoms with E-state index >= 15 is 0 Å². The van der Waals surface area contributed by atoms with Gasteiger partial charge in [-0.05, 0) is 37.9 Å². The second-order valence-corrected chi connectivity index (χ2v) is 6.49. The molecule has 118 valence electrons. The number of rotatable bonds is 9. The molecule has 21 heavy (non-hydrogen) atoms. The van der Waals surface area contributed by atoms with Crippen LogP contribution in [0.5, 0.6) is 0 Å². The zero-order valence-electron chi connectivity index (χ0n) is 14.0. The Balaban J connectivity index is 1.92. The molecular formula is C19H32N2. The second-order valence-electron chi connectivity index (χ2n) is 6.49. The lowest BCUT2D eigenvalue weighted by Crippen LogP contribution is -2.39. The van der Waals surface area contributed by atoms with Crippen LogP contribution in [0.1, 0.15) is 58.1 Å². The van der Waals surface area contributed by atoms with Gasteiger partial charge in [-0.3, -0.25) is 4.90 Å². The number of hydrogen-bond donors (Lipinski definition) is 1. The summed E-state index contributed by atoms with van der Waals surface area (Å²) < 4.78 is 0. The van der Waals surface area contributed by atoms with E-state index in [1.807, 2.05) is 0 Å². The van der Waals surface area contributed by atoms with Crippen LogP contribution in [0.4, 0.5) is 0 Å². The molecule has 1 saturated carbocycles. The first-order chi connectivity index (χ1) is 10.2. The van der Waals surface area contributed by atoms with Crippen LogP contribution in [0.25, 0.3) is 0 Å². The zero-order valence-corrected chi connectivity index (χ0v) is 14.0. The lowest BCUT2D eigenvalue weighted by Gasteiger charge is -2.33. The Bertz CT molecular complexity index is 382. The van der Waals surface area contributed by atoms with Gasteiger partial charge in [0.25, 0.3) is 0 Å². The van der Waals surface area contributed by atoms with E-state index in [0.29, 0.717) is 12.1 Å². The third-order valence-corrected chi connectivity index (χ3v) is 5.01. The van der Waals surface area contributed by atoms with Gasteiger partial charge < -0.3 is 5.32 Å². The van der Waals surface area contributed by atoms with Crippen molar-refractivity contribution in [2.75, 3.05) is 19.6 Å². The average molecular weight is 288 g/mol. The van der Waals surface area contributed by atoms with E-state index in [-0.39, 0.29) is 0 Å². The highest BCUT2D eigenvalue weighted by Crippen LogP contribution is 2.30. The lowest BCUT2D eigenvalue weighted by molar-refractivity contribution is 0.200. The fraction of sp³-hybridized carbons (Fsp3) is 0.684. The highest BCUT2D eigenvalue weighted by molar-refractivity contribution is 5.19. The smallest absolute Gasteiger partial charge is 0.0472 e. The van der Waals surface area contributed by atoms with Crippen molar-refractivity contribution in [3.63, 3.8) is 0 Å². The molecule has 0 spiro atoms. The van der Waals surface area contributed by atoms with Crippen LogP contribution in [-0.4, -0.2) is 30.6 Å². The SMILES string of the molecule is CCN(CC)C(CNC(C)CC1CCC1)c1ccccc1. The summed E-state index contributed by atoms with van der Waals surface area (Å²) in [5.41, 5.74) is 1.43. The van der Waals surface area contributed by atoms with Gasteiger partial charge in [0.05, 0.1) is 0 Å². The maximum atomic E-state index is 3.79. The van der Waals surface area contributed by atoms with Crippen molar-refractivity contribution in [1.29, 1.82) is 0 Å². The minimum Gasteiger partial charge on any atom is -0.312 e. The molecule has 2 nitrogen and oxygen atoms in total. The van der Waals surface area contributed by atoms with Crippen LogP contribution >= 0.6 is 0 Å². The molecule has 2 unspecified atom stereocenters. The predicted molar refractivity (Wildman–Crippen MR) is 91.5 cm³/mol. The average Bonchev–Trinajstić information content (AvgIpc) is 2.48. The van der Waals surface area contributed by atoms with Crippen LogP contribution in [0.15, 0.2) is 30.3 Å². The van der Waals surface area contributed by atoms with E-state index in [2.05, 4.69) is 61.3 Å². The molecule has 1 aromatic rings. The number of nitrogens with one attached hydrogen (secondary N) is 1. The van der Waals surface area contributed by atoms with Gasteiger partial charge in [-0.2, -0.15) is 0 Å². The van der Waals surface area contributed by atoms with Crippen LogP contribution in [0, 0.1) is 5.92 Å². The molecule has 0 saturated heterocycles. The molecule has 1 aromatic carbocycles. The third kappa shape index (κ3) is 4.82. The first-order valence-corrected chi connectivity index (χ1v) is 8.77. The summed E-state index contributed by atoms with van der Waals surface area (Å²) in [6.07, 6.45) is 5.69. The molecule has 0 aliphatic heterocycles. The lowest BCUT2D eigenvalue weighted by atomic mass is 9.81. The van der Waals surface area contributed by atoms with E-state index in [9.17, 15) is 0 Å². The molecule has 1 N–H and O–H groups in total. The molecule has 0 amide bonds. The van der Waals surface area contributed by atoms with Crippen molar-refractivity contribution >= 4 is 0 Å². The maximum absolute atomic E-state index is 3.79. The van der Waals surface area contributed by atoms with Crippen LogP contribution in [0.3, 0.4) is 0 Å². The number of hydrogen-bond acceptors (Lipinski definition) is 2. The van der Waals surface area contributed by atoms with Gasteiger partial charge >= 0.3 is 0 Å². The topological polar surface area (TPSA) is 15.3 Å². The largest absolute Gasteiger partial charge is 0.312 e. The predicted octanol–water partition coefficient (Wildman–Crippen LogP) is 4.24. The van der Waals surface area contributed by atoms with Gasteiger partial charge in [0.1, 0.15) is 0 Å². The monoisotopic (exact) mass is 288 g/mol. The fourth-order valence-corrected chi connectivity index (χ4v) is 3.42. The van der Waals surface area contributed by atoms with E-state index in [1.54, 1.807) is 0 Å². The van der Waals surface area contributed by atoms with Gasteiger partial charge in [0.2, 0.25) is 0 Å². The van der Waals surface area contributed by atoms with Crippen LogP contribution < -0.4 is 5.32 Å². The van der Waals surface area contributed by atoms with E-state index in [4.69, 9.17) is 0 Å². The molecule has 1 aliphatic rings. The fourth-order valence-electron chi connectivity index (χ4n) is 3.42. The Hall–Kier alpha value is -0.860. The Kier molecular flexibility index (Phi) is 6.72. The van der Waals surface area contributed by atoms with E-state index in [0.717, 1.165) is 25.6 Å². The Morgan fingerprint density at radius 3 is 2.33 bits per heavy atom. The number of likely N-dealkylation sites (N-methyl/N-ethyl adjacent to an activating group) is 1. The Morgan fingerprint density at radius 2 is 1.81 bits per heavy atom. The first-order valence-electron chi connectivity index (χ1n) is 8.77. The normalized spacial score (nSPS) is 18.5. The van der Waals surface area contributed by atoms with E-state index in [1.165, 1.54) is 31.2 Å². The van der Waals surface area contributed by atoms with Crippen molar-refractivity contribution in [3.05, 3.63) is 35.9 Å². The van der Waals surface area contributed by atoms with Crippen molar-refractivity contribution < 1.29 is 0 Å². The highest BCUT2D eigenvalue weighted by Gasteiger charge is 2.22. The highest BCUT2D eigenvalue weighted by atomic mass is 15.2.